The molecule has 112 valence electrons. The lowest BCUT2D eigenvalue weighted by molar-refractivity contribution is -0.121. The molecular formula is C15H17BrFN3O. The second kappa shape index (κ2) is 7.93. The zero-order chi connectivity index (χ0) is 15.1. The van der Waals surface area contributed by atoms with Crippen LogP contribution in [0.4, 0.5) is 4.39 Å². The van der Waals surface area contributed by atoms with Crippen LogP contribution in [0.25, 0.3) is 0 Å². The number of hydrogen-bond acceptors (Lipinski definition) is 2. The van der Waals surface area contributed by atoms with Gasteiger partial charge in [-0.1, -0.05) is 22.0 Å². The summed E-state index contributed by atoms with van der Waals surface area (Å²) in [4.78, 5) is 15.6. The molecule has 1 N–H and O–H groups in total. The van der Waals surface area contributed by atoms with E-state index in [1.165, 1.54) is 6.07 Å². The summed E-state index contributed by atoms with van der Waals surface area (Å²) in [5, 5.41) is 2.84. The number of carbonyl (C=O) groups is 1. The molecule has 6 heteroatoms. The molecule has 0 aliphatic heterocycles. The Bertz CT molecular complexity index is 587. The maximum atomic E-state index is 13.6. The van der Waals surface area contributed by atoms with Crippen LogP contribution in [-0.2, 0) is 17.8 Å². The summed E-state index contributed by atoms with van der Waals surface area (Å²) in [6, 6.07) is 4.89. The zero-order valence-electron chi connectivity index (χ0n) is 11.6. The summed E-state index contributed by atoms with van der Waals surface area (Å²) in [6.07, 6.45) is 6.91. The number of imidazole rings is 1. The molecular weight excluding hydrogens is 337 g/mol. The van der Waals surface area contributed by atoms with Crippen LogP contribution in [0.3, 0.4) is 0 Å². The van der Waals surface area contributed by atoms with Gasteiger partial charge in [0.05, 0.1) is 6.33 Å². The summed E-state index contributed by atoms with van der Waals surface area (Å²) in [7, 11) is 0. The molecule has 1 heterocycles. The molecule has 0 saturated heterocycles. The van der Waals surface area contributed by atoms with Gasteiger partial charge >= 0.3 is 0 Å². The number of aromatic nitrogens is 2. The van der Waals surface area contributed by atoms with Crippen molar-refractivity contribution >= 4 is 21.8 Å². The quantitative estimate of drug-likeness (QED) is 0.778. The van der Waals surface area contributed by atoms with Crippen LogP contribution in [0.5, 0.6) is 0 Å². The van der Waals surface area contributed by atoms with Crippen molar-refractivity contribution in [3.63, 3.8) is 0 Å². The topological polar surface area (TPSA) is 46.9 Å². The molecule has 4 nitrogen and oxygen atoms in total. The predicted molar refractivity (Wildman–Crippen MR) is 82.3 cm³/mol. The van der Waals surface area contributed by atoms with E-state index >= 15 is 0 Å². The molecule has 1 amide bonds. The number of carbonyl (C=O) groups excluding carboxylic acids is 1. The molecule has 1 aromatic carbocycles. The van der Waals surface area contributed by atoms with E-state index in [9.17, 15) is 9.18 Å². The normalized spacial score (nSPS) is 10.6. The van der Waals surface area contributed by atoms with Gasteiger partial charge in [0.15, 0.2) is 0 Å². The predicted octanol–water partition coefficient (Wildman–Crippen LogP) is 2.92. The third-order valence-corrected chi connectivity index (χ3v) is 3.60. The number of hydrogen-bond donors (Lipinski definition) is 1. The number of nitrogens with one attached hydrogen (secondary N) is 1. The fraction of sp³-hybridized carbons (Fsp3) is 0.333. The number of benzene rings is 1. The van der Waals surface area contributed by atoms with Gasteiger partial charge in [0, 0.05) is 36.4 Å². The second-order valence-corrected chi connectivity index (χ2v) is 5.66. The maximum Gasteiger partial charge on any atom is 0.220 e. The highest BCUT2D eigenvalue weighted by Gasteiger charge is 2.06. The fourth-order valence-electron chi connectivity index (χ4n) is 1.97. The van der Waals surface area contributed by atoms with Crippen molar-refractivity contribution in [3.05, 3.63) is 52.8 Å². The van der Waals surface area contributed by atoms with E-state index in [2.05, 4.69) is 26.2 Å². The van der Waals surface area contributed by atoms with Gasteiger partial charge in [-0.3, -0.25) is 4.79 Å². The van der Waals surface area contributed by atoms with Crippen LogP contribution in [0.2, 0.25) is 0 Å². The first-order valence-corrected chi connectivity index (χ1v) is 7.61. The number of aryl methyl sites for hydroxylation is 2. The van der Waals surface area contributed by atoms with Crippen LogP contribution in [0.15, 0.2) is 41.4 Å². The minimum absolute atomic E-state index is 0.0528. The molecule has 0 spiro atoms. The molecule has 0 radical (unpaired) electrons. The first kappa shape index (κ1) is 15.7. The lowest BCUT2D eigenvalue weighted by atomic mass is 10.1. The van der Waals surface area contributed by atoms with Gasteiger partial charge < -0.3 is 9.88 Å². The van der Waals surface area contributed by atoms with Gasteiger partial charge in [-0.05, 0) is 30.5 Å². The highest BCUT2D eigenvalue weighted by Crippen LogP contribution is 2.16. The molecule has 1 aromatic heterocycles. The third kappa shape index (κ3) is 5.30. The maximum absolute atomic E-state index is 13.6. The Hall–Kier alpha value is -1.69. The Kier molecular flexibility index (Phi) is 5.92. The Morgan fingerprint density at radius 3 is 3.00 bits per heavy atom. The van der Waals surface area contributed by atoms with Crippen LogP contribution in [-0.4, -0.2) is 22.0 Å². The first-order valence-electron chi connectivity index (χ1n) is 6.81. The Labute approximate surface area is 131 Å². The SMILES string of the molecule is O=C(CCc1ccc(Br)cc1F)NCCCn1ccnc1. The molecule has 0 unspecified atom stereocenters. The molecule has 0 saturated carbocycles. The first-order chi connectivity index (χ1) is 10.1. The van der Waals surface area contributed by atoms with Crippen molar-refractivity contribution in [1.82, 2.24) is 14.9 Å². The van der Waals surface area contributed by atoms with E-state index < -0.39 is 0 Å². The Balaban J connectivity index is 1.65. The van der Waals surface area contributed by atoms with E-state index in [1.807, 2.05) is 10.8 Å². The van der Waals surface area contributed by atoms with E-state index in [0.29, 0.717) is 29.4 Å². The minimum atomic E-state index is -0.280. The second-order valence-electron chi connectivity index (χ2n) is 4.74. The van der Waals surface area contributed by atoms with Gasteiger partial charge in [0.2, 0.25) is 5.91 Å². The lowest BCUT2D eigenvalue weighted by Crippen LogP contribution is -2.25. The summed E-state index contributed by atoms with van der Waals surface area (Å²) in [5.41, 5.74) is 0.562. The number of amides is 1. The van der Waals surface area contributed by atoms with Gasteiger partial charge in [0.1, 0.15) is 5.82 Å². The number of halogens is 2. The molecule has 2 aromatic rings. The van der Waals surface area contributed by atoms with Crippen LogP contribution >= 0.6 is 15.9 Å². The average Bonchev–Trinajstić information content (AvgIpc) is 2.96. The van der Waals surface area contributed by atoms with Gasteiger partial charge in [-0.2, -0.15) is 0 Å². The van der Waals surface area contributed by atoms with Crippen LogP contribution < -0.4 is 5.32 Å². The molecule has 0 aliphatic carbocycles. The number of rotatable bonds is 7. The van der Waals surface area contributed by atoms with E-state index in [0.717, 1.165) is 13.0 Å². The van der Waals surface area contributed by atoms with Crippen molar-refractivity contribution in [2.24, 2.45) is 0 Å². The van der Waals surface area contributed by atoms with Gasteiger partial charge in [-0.25, -0.2) is 9.37 Å². The standard InChI is InChI=1S/C15H17BrFN3O/c16-13-4-2-12(14(17)10-13)3-5-15(21)19-6-1-8-20-9-7-18-11-20/h2,4,7,9-11H,1,3,5-6,8H2,(H,19,21). The van der Waals surface area contributed by atoms with Crippen molar-refractivity contribution < 1.29 is 9.18 Å². The molecule has 0 aliphatic rings. The fourth-order valence-corrected chi connectivity index (χ4v) is 2.30. The summed E-state index contributed by atoms with van der Waals surface area (Å²) in [5.74, 6) is -0.333. The summed E-state index contributed by atoms with van der Waals surface area (Å²) >= 11 is 3.21. The van der Waals surface area contributed by atoms with Crippen molar-refractivity contribution in [2.75, 3.05) is 6.54 Å². The monoisotopic (exact) mass is 353 g/mol. The molecule has 21 heavy (non-hydrogen) atoms. The van der Waals surface area contributed by atoms with Crippen molar-refractivity contribution in [2.45, 2.75) is 25.8 Å². The minimum Gasteiger partial charge on any atom is -0.356 e. The molecule has 0 bridgehead atoms. The lowest BCUT2D eigenvalue weighted by Gasteiger charge is -2.06. The van der Waals surface area contributed by atoms with Gasteiger partial charge in [-0.15, -0.1) is 0 Å². The number of nitrogens with zero attached hydrogens (tertiary/aromatic N) is 2. The third-order valence-electron chi connectivity index (χ3n) is 3.11. The highest BCUT2D eigenvalue weighted by atomic mass is 79.9. The molecule has 2 rings (SSSR count). The van der Waals surface area contributed by atoms with Crippen LogP contribution in [0, 0.1) is 5.82 Å². The largest absolute Gasteiger partial charge is 0.356 e. The molecule has 0 fully saturated rings. The summed E-state index contributed by atoms with van der Waals surface area (Å²) < 4.78 is 16.3. The Morgan fingerprint density at radius 1 is 1.43 bits per heavy atom. The van der Waals surface area contributed by atoms with E-state index in [1.54, 1.807) is 24.7 Å². The summed E-state index contributed by atoms with van der Waals surface area (Å²) in [6.45, 7) is 1.43. The molecule has 0 atom stereocenters. The van der Waals surface area contributed by atoms with Crippen LogP contribution in [0.1, 0.15) is 18.4 Å². The van der Waals surface area contributed by atoms with E-state index in [4.69, 9.17) is 0 Å². The van der Waals surface area contributed by atoms with Gasteiger partial charge in [0.25, 0.3) is 0 Å². The zero-order valence-corrected chi connectivity index (χ0v) is 13.1. The smallest absolute Gasteiger partial charge is 0.220 e. The highest BCUT2D eigenvalue weighted by molar-refractivity contribution is 9.10. The van der Waals surface area contributed by atoms with Crippen molar-refractivity contribution in [1.29, 1.82) is 0 Å². The average molecular weight is 354 g/mol. The van der Waals surface area contributed by atoms with Crippen molar-refractivity contribution in [3.8, 4) is 0 Å². The van der Waals surface area contributed by atoms with E-state index in [-0.39, 0.29) is 11.7 Å². The Morgan fingerprint density at radius 2 is 2.29 bits per heavy atom.